The van der Waals surface area contributed by atoms with Crippen LogP contribution in [0.3, 0.4) is 0 Å². The van der Waals surface area contributed by atoms with E-state index in [9.17, 15) is 9.59 Å². The van der Waals surface area contributed by atoms with E-state index in [1.807, 2.05) is 42.5 Å². The van der Waals surface area contributed by atoms with Crippen molar-refractivity contribution in [1.82, 2.24) is 14.7 Å². The maximum absolute atomic E-state index is 13.3. The van der Waals surface area contributed by atoms with Crippen molar-refractivity contribution in [3.05, 3.63) is 65.7 Å². The van der Waals surface area contributed by atoms with Crippen LogP contribution in [0.5, 0.6) is 5.75 Å². The van der Waals surface area contributed by atoms with Gasteiger partial charge in [-0.15, -0.1) is 0 Å². The first-order chi connectivity index (χ1) is 14.0. The lowest BCUT2D eigenvalue weighted by Crippen LogP contribution is -2.55. The Labute approximate surface area is 171 Å². The number of urea groups is 1. The third-order valence-corrected chi connectivity index (χ3v) is 6.24. The summed E-state index contributed by atoms with van der Waals surface area (Å²) in [6.07, 6.45) is 1.33. The third kappa shape index (κ3) is 3.60. The second-order valence-electron chi connectivity index (χ2n) is 7.87. The zero-order valence-electron chi connectivity index (χ0n) is 17.0. The Bertz CT molecular complexity index is 874. The molecule has 0 aromatic heterocycles. The van der Waals surface area contributed by atoms with Crippen LogP contribution in [0.4, 0.5) is 4.79 Å². The van der Waals surface area contributed by atoms with Crippen LogP contribution in [0.1, 0.15) is 24.0 Å². The molecule has 6 nitrogen and oxygen atoms in total. The van der Waals surface area contributed by atoms with Gasteiger partial charge in [-0.3, -0.25) is 14.6 Å². The van der Waals surface area contributed by atoms with Gasteiger partial charge in [0.2, 0.25) is 0 Å². The first-order valence-electron chi connectivity index (χ1n) is 10.0. The molecule has 6 heteroatoms. The summed E-state index contributed by atoms with van der Waals surface area (Å²) in [6.45, 7) is 2.77. The van der Waals surface area contributed by atoms with E-state index in [1.54, 1.807) is 19.1 Å². The van der Waals surface area contributed by atoms with Gasteiger partial charge >= 0.3 is 6.03 Å². The zero-order chi connectivity index (χ0) is 20.4. The Balaban J connectivity index is 1.44. The van der Waals surface area contributed by atoms with E-state index >= 15 is 0 Å². The van der Waals surface area contributed by atoms with Crippen LogP contribution in [0.15, 0.2) is 54.6 Å². The number of hydrogen-bond acceptors (Lipinski definition) is 4. The van der Waals surface area contributed by atoms with Gasteiger partial charge in [-0.1, -0.05) is 42.5 Å². The first-order valence-corrected chi connectivity index (χ1v) is 10.0. The lowest BCUT2D eigenvalue weighted by Gasteiger charge is -2.40. The van der Waals surface area contributed by atoms with Gasteiger partial charge in [0.25, 0.3) is 5.91 Å². The van der Waals surface area contributed by atoms with E-state index in [2.05, 4.69) is 17.0 Å². The van der Waals surface area contributed by atoms with Gasteiger partial charge in [0, 0.05) is 26.7 Å². The van der Waals surface area contributed by atoms with Gasteiger partial charge in [0.15, 0.2) is 0 Å². The maximum Gasteiger partial charge on any atom is 0.327 e. The molecule has 29 heavy (non-hydrogen) atoms. The predicted octanol–water partition coefficient (Wildman–Crippen LogP) is 3.12. The number of nitrogens with zero attached hydrogens (tertiary/aromatic N) is 3. The monoisotopic (exact) mass is 393 g/mol. The number of hydrogen-bond donors (Lipinski definition) is 0. The number of amides is 3. The third-order valence-electron chi connectivity index (χ3n) is 6.24. The van der Waals surface area contributed by atoms with E-state index < -0.39 is 5.54 Å². The molecular weight excluding hydrogens is 366 g/mol. The Kier molecular flexibility index (Phi) is 5.28. The number of methoxy groups -OCH3 is 1. The lowest BCUT2D eigenvalue weighted by atomic mass is 9.86. The van der Waals surface area contributed by atoms with Crippen molar-refractivity contribution in [2.24, 2.45) is 0 Å². The van der Waals surface area contributed by atoms with E-state index in [0.29, 0.717) is 19.4 Å². The van der Waals surface area contributed by atoms with Crippen molar-refractivity contribution in [1.29, 1.82) is 0 Å². The predicted molar refractivity (Wildman–Crippen MR) is 110 cm³/mol. The summed E-state index contributed by atoms with van der Waals surface area (Å²) in [5, 5.41) is 0. The number of rotatable bonds is 5. The minimum Gasteiger partial charge on any atom is -0.497 e. The van der Waals surface area contributed by atoms with Gasteiger partial charge in [-0.05, 0) is 36.1 Å². The average Bonchev–Trinajstić information content (AvgIpc) is 2.93. The van der Waals surface area contributed by atoms with Crippen LogP contribution in [0.25, 0.3) is 0 Å². The molecule has 2 aliphatic rings. The minimum atomic E-state index is -0.712. The summed E-state index contributed by atoms with van der Waals surface area (Å²) in [5.74, 6) is 0.687. The molecule has 1 spiro atoms. The molecule has 0 saturated carbocycles. The smallest absolute Gasteiger partial charge is 0.327 e. The van der Waals surface area contributed by atoms with Crippen molar-refractivity contribution in [3.63, 3.8) is 0 Å². The van der Waals surface area contributed by atoms with Gasteiger partial charge < -0.3 is 9.64 Å². The fourth-order valence-electron chi connectivity index (χ4n) is 4.37. The summed E-state index contributed by atoms with van der Waals surface area (Å²) in [6, 6.07) is 17.6. The molecule has 2 aromatic rings. The van der Waals surface area contributed by atoms with Crippen LogP contribution in [0, 0.1) is 0 Å². The van der Waals surface area contributed by atoms with Crippen molar-refractivity contribution < 1.29 is 14.3 Å². The second kappa shape index (κ2) is 7.87. The summed E-state index contributed by atoms with van der Waals surface area (Å²) in [5.41, 5.74) is 1.47. The molecule has 0 radical (unpaired) electrons. The maximum atomic E-state index is 13.3. The van der Waals surface area contributed by atoms with E-state index in [0.717, 1.165) is 30.9 Å². The highest BCUT2D eigenvalue weighted by Crippen LogP contribution is 2.37. The van der Waals surface area contributed by atoms with E-state index in [-0.39, 0.29) is 11.9 Å². The summed E-state index contributed by atoms with van der Waals surface area (Å²) >= 11 is 0. The van der Waals surface area contributed by atoms with Gasteiger partial charge in [0.1, 0.15) is 11.3 Å². The molecule has 2 aliphatic heterocycles. The van der Waals surface area contributed by atoms with Crippen molar-refractivity contribution in [2.75, 3.05) is 27.2 Å². The van der Waals surface area contributed by atoms with Crippen LogP contribution in [-0.2, 0) is 17.9 Å². The fraction of sp³-hybridized carbons (Fsp3) is 0.391. The molecular formula is C23H27N3O3. The largest absolute Gasteiger partial charge is 0.497 e. The van der Waals surface area contributed by atoms with Crippen LogP contribution < -0.4 is 4.74 Å². The van der Waals surface area contributed by atoms with Crippen molar-refractivity contribution in [2.45, 2.75) is 31.5 Å². The number of imide groups is 1. The van der Waals surface area contributed by atoms with Crippen molar-refractivity contribution in [3.8, 4) is 5.75 Å². The number of carbonyl (C=O) groups is 2. The number of benzene rings is 2. The molecule has 2 heterocycles. The fourth-order valence-corrected chi connectivity index (χ4v) is 4.37. The molecule has 2 aromatic carbocycles. The number of likely N-dealkylation sites (tertiary alicyclic amines) is 1. The highest BCUT2D eigenvalue weighted by atomic mass is 16.5. The first kappa shape index (κ1) is 19.5. The Morgan fingerprint density at radius 2 is 1.52 bits per heavy atom. The van der Waals surface area contributed by atoms with Gasteiger partial charge in [-0.2, -0.15) is 0 Å². The molecule has 152 valence electrons. The van der Waals surface area contributed by atoms with Gasteiger partial charge in [-0.25, -0.2) is 4.79 Å². The molecule has 3 amide bonds. The molecule has 0 aliphatic carbocycles. The number of likely N-dealkylation sites (N-methyl/N-ethyl adjacent to an activating group) is 1. The Morgan fingerprint density at radius 3 is 2.14 bits per heavy atom. The van der Waals surface area contributed by atoms with Gasteiger partial charge in [0.05, 0.1) is 13.7 Å². The summed E-state index contributed by atoms with van der Waals surface area (Å²) in [4.78, 5) is 31.6. The molecule has 0 bridgehead atoms. The molecule has 4 rings (SSSR count). The molecule has 0 unspecified atom stereocenters. The molecule has 0 atom stereocenters. The highest BCUT2D eigenvalue weighted by Gasteiger charge is 2.56. The normalized spacial score (nSPS) is 19.2. The molecule has 0 N–H and O–H groups in total. The standard InChI is InChI=1S/C23H27N3O3/c1-24-22(28)26(17-19-8-10-20(29-2)11-9-19)21(27)23(24)12-14-25(15-13-23)16-18-6-4-3-5-7-18/h3-11H,12-17H2,1-2H3. The van der Waals surface area contributed by atoms with E-state index in [1.165, 1.54) is 10.5 Å². The number of ether oxygens (including phenoxy) is 1. The average molecular weight is 393 g/mol. The molecule has 2 fully saturated rings. The SMILES string of the molecule is COc1ccc(CN2C(=O)N(C)C3(CCN(Cc4ccccc4)CC3)C2=O)cc1. The van der Waals surface area contributed by atoms with Crippen LogP contribution in [0.2, 0.25) is 0 Å². The topological polar surface area (TPSA) is 53.1 Å². The quantitative estimate of drug-likeness (QED) is 0.733. The number of carbonyl (C=O) groups excluding carboxylic acids is 2. The van der Waals surface area contributed by atoms with Crippen LogP contribution >= 0.6 is 0 Å². The Morgan fingerprint density at radius 1 is 0.897 bits per heavy atom. The summed E-state index contributed by atoms with van der Waals surface area (Å²) < 4.78 is 5.18. The molecule has 2 saturated heterocycles. The zero-order valence-corrected chi connectivity index (χ0v) is 17.0. The Hall–Kier alpha value is -2.86. The van der Waals surface area contributed by atoms with Crippen molar-refractivity contribution >= 4 is 11.9 Å². The lowest BCUT2D eigenvalue weighted by molar-refractivity contribution is -0.135. The minimum absolute atomic E-state index is 0.0693. The summed E-state index contributed by atoms with van der Waals surface area (Å²) in [7, 11) is 3.38. The van der Waals surface area contributed by atoms with E-state index in [4.69, 9.17) is 4.74 Å². The number of piperidine rings is 1. The highest BCUT2D eigenvalue weighted by molar-refractivity contribution is 6.06. The second-order valence-corrected chi connectivity index (χ2v) is 7.87. The van der Waals surface area contributed by atoms with Crippen LogP contribution in [-0.4, -0.2) is 59.4 Å².